The summed E-state index contributed by atoms with van der Waals surface area (Å²) in [5.74, 6) is 5.17. The van der Waals surface area contributed by atoms with Gasteiger partial charge in [-0.2, -0.15) is 5.10 Å². The number of rotatable bonds is 4. The van der Waals surface area contributed by atoms with E-state index in [4.69, 9.17) is 17.4 Å². The summed E-state index contributed by atoms with van der Waals surface area (Å²) in [6, 6.07) is 6.66. The molecule has 0 spiro atoms. The van der Waals surface area contributed by atoms with E-state index < -0.39 is 5.82 Å². The minimum atomic E-state index is -0.400. The number of nitrogens with two attached hydrogens (primary N) is 1. The van der Waals surface area contributed by atoms with Crippen LogP contribution in [0, 0.1) is 12.7 Å². The van der Waals surface area contributed by atoms with Gasteiger partial charge >= 0.3 is 0 Å². The van der Waals surface area contributed by atoms with Crippen LogP contribution in [-0.2, 0) is 13.5 Å². The fraction of sp³-hybridized carbons (Fsp3) is 0.308. The zero-order chi connectivity index (χ0) is 14.0. The number of nitrogens with zero attached hydrogens (tertiary/aromatic N) is 2. The molecule has 2 rings (SSSR count). The molecule has 0 saturated heterocycles. The van der Waals surface area contributed by atoms with Gasteiger partial charge in [-0.3, -0.25) is 16.0 Å². The maximum atomic E-state index is 13.9. The summed E-state index contributed by atoms with van der Waals surface area (Å²) >= 11 is 5.78. The molecule has 1 aromatic carbocycles. The number of halogens is 2. The summed E-state index contributed by atoms with van der Waals surface area (Å²) in [5, 5.41) is 4.38. The summed E-state index contributed by atoms with van der Waals surface area (Å²) < 4.78 is 15.6. The van der Waals surface area contributed by atoms with Crippen molar-refractivity contribution in [1.82, 2.24) is 15.2 Å². The number of nitrogens with one attached hydrogen (secondary N) is 1. The second-order valence-corrected chi connectivity index (χ2v) is 4.88. The lowest BCUT2D eigenvalue weighted by Gasteiger charge is -2.16. The molecule has 19 heavy (non-hydrogen) atoms. The van der Waals surface area contributed by atoms with E-state index in [9.17, 15) is 4.39 Å². The molecule has 102 valence electrons. The van der Waals surface area contributed by atoms with Gasteiger partial charge in [-0.05, 0) is 31.0 Å². The van der Waals surface area contributed by atoms with Gasteiger partial charge in [-0.1, -0.05) is 23.7 Å². The van der Waals surface area contributed by atoms with E-state index in [0.29, 0.717) is 12.0 Å². The fourth-order valence-electron chi connectivity index (χ4n) is 2.13. The number of hydrogen-bond donors (Lipinski definition) is 2. The first kappa shape index (κ1) is 14.0. The molecular formula is C13H16ClFN4. The third kappa shape index (κ3) is 2.94. The first-order chi connectivity index (χ1) is 9.02. The van der Waals surface area contributed by atoms with E-state index in [1.165, 1.54) is 6.07 Å². The van der Waals surface area contributed by atoms with Gasteiger partial charge in [-0.25, -0.2) is 4.39 Å². The van der Waals surface area contributed by atoms with Gasteiger partial charge in [0.05, 0.1) is 22.5 Å². The standard InChI is InChI=1S/C13H16ClFN4/c1-8-6-12(19(2)18-8)11(17-16)7-9-4-3-5-10(14)13(9)15/h3-6,11,17H,7,16H2,1-2H3. The second-order valence-electron chi connectivity index (χ2n) is 4.47. The van der Waals surface area contributed by atoms with Crippen molar-refractivity contribution in [2.45, 2.75) is 19.4 Å². The van der Waals surface area contributed by atoms with E-state index in [2.05, 4.69) is 10.5 Å². The highest BCUT2D eigenvalue weighted by Crippen LogP contribution is 2.23. The fourth-order valence-corrected chi connectivity index (χ4v) is 2.33. The molecule has 0 aliphatic rings. The Labute approximate surface area is 116 Å². The lowest BCUT2D eigenvalue weighted by molar-refractivity contribution is 0.495. The maximum Gasteiger partial charge on any atom is 0.145 e. The Morgan fingerprint density at radius 2 is 2.26 bits per heavy atom. The molecule has 6 heteroatoms. The Bertz CT molecular complexity index is 582. The van der Waals surface area contributed by atoms with Gasteiger partial charge in [-0.15, -0.1) is 0 Å². The van der Waals surface area contributed by atoms with Crippen molar-refractivity contribution in [3.8, 4) is 0 Å². The van der Waals surface area contributed by atoms with Gasteiger partial charge in [0.1, 0.15) is 5.82 Å². The molecule has 3 N–H and O–H groups in total. The summed E-state index contributed by atoms with van der Waals surface area (Å²) in [6.45, 7) is 1.90. The highest BCUT2D eigenvalue weighted by Gasteiger charge is 2.18. The molecule has 0 aliphatic heterocycles. The van der Waals surface area contributed by atoms with Crippen LogP contribution < -0.4 is 11.3 Å². The van der Waals surface area contributed by atoms with Crippen LogP contribution in [0.1, 0.15) is 23.0 Å². The first-order valence-electron chi connectivity index (χ1n) is 5.92. The molecule has 1 atom stereocenters. The average molecular weight is 283 g/mol. The van der Waals surface area contributed by atoms with Crippen LogP contribution >= 0.6 is 11.6 Å². The predicted molar refractivity (Wildman–Crippen MR) is 73.1 cm³/mol. The van der Waals surface area contributed by atoms with E-state index >= 15 is 0 Å². The van der Waals surface area contributed by atoms with Crippen LogP contribution in [0.15, 0.2) is 24.3 Å². The molecule has 1 unspecified atom stereocenters. The highest BCUT2D eigenvalue weighted by molar-refractivity contribution is 6.30. The molecule has 4 nitrogen and oxygen atoms in total. The van der Waals surface area contributed by atoms with E-state index in [1.807, 2.05) is 20.0 Å². The molecule has 0 saturated carbocycles. The van der Waals surface area contributed by atoms with E-state index in [1.54, 1.807) is 16.8 Å². The van der Waals surface area contributed by atoms with Gasteiger partial charge in [0.2, 0.25) is 0 Å². The Morgan fingerprint density at radius 1 is 1.53 bits per heavy atom. The molecule has 0 fully saturated rings. The lowest BCUT2D eigenvalue weighted by atomic mass is 10.0. The van der Waals surface area contributed by atoms with Crippen molar-refractivity contribution in [3.05, 3.63) is 52.1 Å². The molecule has 2 aromatic rings. The summed E-state index contributed by atoms with van der Waals surface area (Å²) in [7, 11) is 1.83. The zero-order valence-electron chi connectivity index (χ0n) is 10.8. The smallest absolute Gasteiger partial charge is 0.145 e. The SMILES string of the molecule is Cc1cc(C(Cc2cccc(Cl)c2F)NN)n(C)n1. The minimum Gasteiger partial charge on any atom is -0.271 e. The van der Waals surface area contributed by atoms with Gasteiger partial charge in [0.25, 0.3) is 0 Å². The lowest BCUT2D eigenvalue weighted by Crippen LogP contribution is -2.31. The molecule has 1 heterocycles. The number of aryl methyl sites for hydroxylation is 2. The molecule has 0 radical (unpaired) electrons. The zero-order valence-corrected chi connectivity index (χ0v) is 11.6. The Kier molecular flexibility index (Phi) is 4.19. The van der Waals surface area contributed by atoms with E-state index in [0.717, 1.165) is 11.4 Å². The molecule has 0 bridgehead atoms. The average Bonchev–Trinajstić information content (AvgIpc) is 2.70. The first-order valence-corrected chi connectivity index (χ1v) is 6.30. The predicted octanol–water partition coefficient (Wildman–Crippen LogP) is 2.27. The number of hydrazine groups is 1. The van der Waals surface area contributed by atoms with Crippen molar-refractivity contribution >= 4 is 11.6 Å². The van der Waals surface area contributed by atoms with Crippen LogP contribution in [0.3, 0.4) is 0 Å². The Hall–Kier alpha value is -1.43. The van der Waals surface area contributed by atoms with Crippen molar-refractivity contribution in [2.24, 2.45) is 12.9 Å². The summed E-state index contributed by atoms with van der Waals surface area (Å²) in [5.41, 5.74) is 5.01. The topological polar surface area (TPSA) is 55.9 Å². The second kappa shape index (κ2) is 5.69. The quantitative estimate of drug-likeness (QED) is 0.668. The number of benzene rings is 1. The van der Waals surface area contributed by atoms with Crippen LogP contribution in [0.2, 0.25) is 5.02 Å². The molecule has 0 amide bonds. The summed E-state index contributed by atoms with van der Waals surface area (Å²) in [4.78, 5) is 0. The van der Waals surface area contributed by atoms with Crippen LogP contribution in [-0.4, -0.2) is 9.78 Å². The largest absolute Gasteiger partial charge is 0.271 e. The van der Waals surface area contributed by atoms with Gasteiger partial charge in [0, 0.05) is 7.05 Å². The Balaban J connectivity index is 2.29. The third-order valence-corrected chi connectivity index (χ3v) is 3.34. The Morgan fingerprint density at radius 3 is 2.84 bits per heavy atom. The highest BCUT2D eigenvalue weighted by atomic mass is 35.5. The van der Waals surface area contributed by atoms with Gasteiger partial charge < -0.3 is 0 Å². The molecule has 1 aromatic heterocycles. The van der Waals surface area contributed by atoms with Crippen molar-refractivity contribution in [2.75, 3.05) is 0 Å². The van der Waals surface area contributed by atoms with Crippen molar-refractivity contribution in [3.63, 3.8) is 0 Å². The van der Waals surface area contributed by atoms with Crippen molar-refractivity contribution < 1.29 is 4.39 Å². The van der Waals surface area contributed by atoms with E-state index in [-0.39, 0.29) is 11.1 Å². The maximum absolute atomic E-state index is 13.9. The minimum absolute atomic E-state index is 0.120. The molecular weight excluding hydrogens is 267 g/mol. The monoisotopic (exact) mass is 282 g/mol. The summed E-state index contributed by atoms with van der Waals surface area (Å²) in [6.07, 6.45) is 0.405. The third-order valence-electron chi connectivity index (χ3n) is 3.05. The number of aromatic nitrogens is 2. The number of hydrogen-bond acceptors (Lipinski definition) is 3. The van der Waals surface area contributed by atoms with Crippen LogP contribution in [0.5, 0.6) is 0 Å². The molecule has 0 aliphatic carbocycles. The van der Waals surface area contributed by atoms with Crippen molar-refractivity contribution in [1.29, 1.82) is 0 Å². The van der Waals surface area contributed by atoms with Crippen LogP contribution in [0.25, 0.3) is 0 Å². The normalized spacial score (nSPS) is 12.7. The van der Waals surface area contributed by atoms with Crippen LogP contribution in [0.4, 0.5) is 4.39 Å². The van der Waals surface area contributed by atoms with Gasteiger partial charge in [0.15, 0.2) is 0 Å².